The van der Waals surface area contributed by atoms with Crippen molar-refractivity contribution in [1.82, 2.24) is 9.21 Å². The Morgan fingerprint density at radius 1 is 1.10 bits per heavy atom. The van der Waals surface area contributed by atoms with Crippen LogP contribution in [-0.2, 0) is 27.7 Å². The van der Waals surface area contributed by atoms with Gasteiger partial charge in [0.15, 0.2) is 0 Å². The van der Waals surface area contributed by atoms with Gasteiger partial charge < -0.3 is 14.4 Å². The number of carbonyl (C=O) groups is 1. The van der Waals surface area contributed by atoms with E-state index in [1.807, 2.05) is 26.0 Å². The lowest BCUT2D eigenvalue weighted by Gasteiger charge is -2.27. The van der Waals surface area contributed by atoms with Crippen LogP contribution in [0, 0.1) is 0 Å². The molecule has 2 aliphatic rings. The second kappa shape index (κ2) is 8.98. The second-order valence-corrected chi connectivity index (χ2v) is 9.83. The van der Waals surface area contributed by atoms with Crippen LogP contribution in [0.4, 0.5) is 0 Å². The molecule has 0 unspecified atom stereocenters. The van der Waals surface area contributed by atoms with Crippen LogP contribution in [0.1, 0.15) is 35.3 Å². The summed E-state index contributed by atoms with van der Waals surface area (Å²) in [5.74, 6) is 0.539. The molecule has 0 aromatic heterocycles. The molecule has 0 radical (unpaired) electrons. The largest absolute Gasteiger partial charge is 0.492 e. The lowest BCUT2D eigenvalue weighted by atomic mass is 10.1. The van der Waals surface area contributed by atoms with Gasteiger partial charge in [0.1, 0.15) is 12.4 Å². The maximum Gasteiger partial charge on any atom is 0.254 e. The summed E-state index contributed by atoms with van der Waals surface area (Å²) in [7, 11) is -3.71. The number of amides is 1. The fourth-order valence-electron chi connectivity index (χ4n) is 3.90. The molecule has 8 heteroatoms. The van der Waals surface area contributed by atoms with Crippen molar-refractivity contribution in [2.75, 3.05) is 32.9 Å². The monoisotopic (exact) mass is 444 g/mol. The molecule has 2 aromatic carbocycles. The minimum Gasteiger partial charge on any atom is -0.492 e. The Kier molecular flexibility index (Phi) is 6.31. The van der Waals surface area contributed by atoms with Crippen LogP contribution in [0.5, 0.6) is 5.75 Å². The van der Waals surface area contributed by atoms with E-state index >= 15 is 0 Å². The normalized spacial score (nSPS) is 19.9. The van der Waals surface area contributed by atoms with E-state index in [0.717, 1.165) is 12.0 Å². The van der Waals surface area contributed by atoms with E-state index in [4.69, 9.17) is 9.47 Å². The predicted molar refractivity (Wildman–Crippen MR) is 117 cm³/mol. The fraction of sp³-hybridized carbons (Fsp3) is 0.435. The number of ether oxygens (including phenoxy) is 2. The van der Waals surface area contributed by atoms with Crippen LogP contribution in [0.25, 0.3) is 0 Å². The van der Waals surface area contributed by atoms with E-state index < -0.39 is 10.0 Å². The minimum absolute atomic E-state index is 0.0760. The van der Waals surface area contributed by atoms with Crippen LogP contribution >= 0.6 is 0 Å². The Hall–Kier alpha value is -2.42. The number of aryl methyl sites for hydroxylation is 1. The summed E-state index contributed by atoms with van der Waals surface area (Å²) >= 11 is 0. The topological polar surface area (TPSA) is 76.2 Å². The molecule has 7 nitrogen and oxygen atoms in total. The Balaban J connectivity index is 1.63. The molecule has 0 N–H and O–H groups in total. The summed E-state index contributed by atoms with van der Waals surface area (Å²) in [5.41, 5.74) is 2.31. The molecule has 1 saturated heterocycles. The summed E-state index contributed by atoms with van der Waals surface area (Å²) < 4.78 is 39.5. The first-order valence-electron chi connectivity index (χ1n) is 10.6. The van der Waals surface area contributed by atoms with Crippen molar-refractivity contribution in [3.05, 3.63) is 59.2 Å². The lowest BCUT2D eigenvalue weighted by Crippen LogP contribution is -2.41. The van der Waals surface area contributed by atoms with Gasteiger partial charge in [0.2, 0.25) is 10.0 Å². The van der Waals surface area contributed by atoms with Gasteiger partial charge in [-0.3, -0.25) is 4.79 Å². The predicted octanol–water partition coefficient (Wildman–Crippen LogP) is 2.69. The first-order valence-corrected chi connectivity index (χ1v) is 12.1. The first kappa shape index (κ1) is 21.8. The van der Waals surface area contributed by atoms with Crippen LogP contribution in [-0.4, -0.2) is 62.5 Å². The smallest absolute Gasteiger partial charge is 0.254 e. The number of benzene rings is 2. The van der Waals surface area contributed by atoms with Crippen molar-refractivity contribution >= 4 is 15.9 Å². The molecular weight excluding hydrogens is 416 g/mol. The van der Waals surface area contributed by atoms with Gasteiger partial charge in [0, 0.05) is 30.8 Å². The van der Waals surface area contributed by atoms with E-state index in [2.05, 4.69) is 0 Å². The summed E-state index contributed by atoms with van der Waals surface area (Å²) in [5, 5.41) is 0. The van der Waals surface area contributed by atoms with Crippen LogP contribution < -0.4 is 4.74 Å². The lowest BCUT2D eigenvalue weighted by molar-refractivity contribution is 0.0303. The molecule has 2 heterocycles. The molecule has 2 aromatic rings. The molecule has 0 spiro atoms. The molecule has 0 aliphatic carbocycles. The highest BCUT2D eigenvalue weighted by molar-refractivity contribution is 7.89. The Morgan fingerprint density at radius 2 is 1.81 bits per heavy atom. The van der Waals surface area contributed by atoms with Gasteiger partial charge in [0.05, 0.1) is 24.2 Å². The highest BCUT2D eigenvalue weighted by Crippen LogP contribution is 2.30. The third kappa shape index (κ3) is 4.46. The molecule has 2 aliphatic heterocycles. The third-order valence-electron chi connectivity index (χ3n) is 5.84. The first-order chi connectivity index (χ1) is 14.9. The van der Waals surface area contributed by atoms with E-state index in [9.17, 15) is 13.2 Å². The van der Waals surface area contributed by atoms with Crippen molar-refractivity contribution in [3.8, 4) is 5.75 Å². The summed E-state index contributed by atoms with van der Waals surface area (Å²) in [6.45, 7) is 6.43. The van der Waals surface area contributed by atoms with E-state index in [1.165, 1.54) is 4.31 Å². The molecular formula is C23H28N2O5S. The molecule has 31 heavy (non-hydrogen) atoms. The van der Waals surface area contributed by atoms with E-state index in [0.29, 0.717) is 43.2 Å². The zero-order valence-corrected chi connectivity index (χ0v) is 18.7. The molecule has 1 amide bonds. The number of hydrogen-bond donors (Lipinski definition) is 0. The van der Waals surface area contributed by atoms with Gasteiger partial charge >= 0.3 is 0 Å². The highest BCUT2D eigenvalue weighted by atomic mass is 32.2. The average Bonchev–Trinajstić information content (AvgIpc) is 2.98. The highest BCUT2D eigenvalue weighted by Gasteiger charge is 2.33. The van der Waals surface area contributed by atoms with Crippen LogP contribution in [0.15, 0.2) is 47.4 Å². The number of rotatable bonds is 4. The van der Waals surface area contributed by atoms with Crippen LogP contribution in [0.2, 0.25) is 0 Å². The Morgan fingerprint density at radius 3 is 2.48 bits per heavy atom. The van der Waals surface area contributed by atoms with Crippen molar-refractivity contribution in [3.63, 3.8) is 0 Å². The Bertz CT molecular complexity index is 1050. The number of morpholine rings is 1. The number of nitrogens with zero attached hydrogens (tertiary/aromatic N) is 2. The SMILES string of the molecule is CCc1ccc(S(=O)(=O)N2Cc3cc(C(=O)N4CCOCC4)ccc3OC[C@@H]2C)cc1. The number of hydrogen-bond acceptors (Lipinski definition) is 5. The van der Waals surface area contributed by atoms with E-state index in [1.54, 1.807) is 35.2 Å². The molecule has 0 saturated carbocycles. The molecule has 1 atom stereocenters. The van der Waals surface area contributed by atoms with Gasteiger partial charge in [-0.1, -0.05) is 19.1 Å². The summed E-state index contributed by atoms with van der Waals surface area (Å²) in [6.07, 6.45) is 0.849. The van der Waals surface area contributed by atoms with Crippen molar-refractivity contribution in [1.29, 1.82) is 0 Å². The molecule has 166 valence electrons. The molecule has 1 fully saturated rings. The molecule has 4 rings (SSSR count). The quantitative estimate of drug-likeness (QED) is 0.725. The number of carbonyl (C=O) groups excluding carboxylic acids is 1. The summed E-state index contributed by atoms with van der Waals surface area (Å²) in [4.78, 5) is 14.9. The van der Waals surface area contributed by atoms with Gasteiger partial charge in [-0.2, -0.15) is 4.31 Å². The second-order valence-electron chi connectivity index (χ2n) is 7.93. The van der Waals surface area contributed by atoms with Gasteiger partial charge in [-0.15, -0.1) is 0 Å². The molecule has 0 bridgehead atoms. The number of fused-ring (bicyclic) bond motifs is 1. The van der Waals surface area contributed by atoms with Gasteiger partial charge in [-0.25, -0.2) is 8.42 Å². The van der Waals surface area contributed by atoms with Gasteiger partial charge in [0.25, 0.3) is 5.91 Å². The maximum absolute atomic E-state index is 13.4. The zero-order valence-electron chi connectivity index (χ0n) is 17.9. The fourth-order valence-corrected chi connectivity index (χ4v) is 5.49. The maximum atomic E-state index is 13.4. The average molecular weight is 445 g/mol. The van der Waals surface area contributed by atoms with Crippen molar-refractivity contribution in [2.24, 2.45) is 0 Å². The van der Waals surface area contributed by atoms with Crippen LogP contribution in [0.3, 0.4) is 0 Å². The number of sulfonamides is 1. The van der Waals surface area contributed by atoms with Crippen molar-refractivity contribution < 1.29 is 22.7 Å². The Labute approximate surface area is 183 Å². The zero-order chi connectivity index (χ0) is 22.0. The van der Waals surface area contributed by atoms with Crippen molar-refractivity contribution in [2.45, 2.75) is 37.8 Å². The third-order valence-corrected chi connectivity index (χ3v) is 7.82. The van der Waals surface area contributed by atoms with Gasteiger partial charge in [-0.05, 0) is 49.2 Å². The summed E-state index contributed by atoms with van der Waals surface area (Å²) in [6, 6.07) is 11.9. The van der Waals surface area contributed by atoms with E-state index in [-0.39, 0.29) is 30.0 Å². The minimum atomic E-state index is -3.71. The standard InChI is InChI=1S/C23H28N2O5S/c1-3-18-4-7-21(8-5-18)31(27,28)25-15-20-14-19(6-9-22(20)30-16-17(25)2)23(26)24-10-12-29-13-11-24/h4-9,14,17H,3,10-13,15-16H2,1-2H3/t17-/m0/s1.